The molecule has 1 aromatic rings. The van der Waals surface area contributed by atoms with Crippen molar-refractivity contribution in [3.63, 3.8) is 0 Å². The van der Waals surface area contributed by atoms with Crippen LogP contribution >= 0.6 is 0 Å². The lowest BCUT2D eigenvalue weighted by Gasteiger charge is -2.00. The van der Waals surface area contributed by atoms with Crippen molar-refractivity contribution >= 4 is 0 Å². The molecule has 0 fully saturated rings. The Balaban J connectivity index is 2.58. The molecule has 1 heterocycles. The maximum Gasteiger partial charge on any atom is 0.108 e. The number of nitrogens with zero attached hydrogens (tertiary/aromatic N) is 3. The monoisotopic (exact) mass is 157 g/mol. The van der Waals surface area contributed by atoms with Crippen LogP contribution in [0, 0.1) is 0 Å². The summed E-state index contributed by atoms with van der Waals surface area (Å²) in [4.78, 5) is 0. The Morgan fingerprint density at radius 1 is 1.73 bits per heavy atom. The van der Waals surface area contributed by atoms with Crippen molar-refractivity contribution < 1.29 is 10.2 Å². The minimum atomic E-state index is -0.441. The molecule has 5 nitrogen and oxygen atoms in total. The molecule has 1 aromatic heterocycles. The fourth-order valence-corrected chi connectivity index (χ4v) is 0.771. The van der Waals surface area contributed by atoms with Gasteiger partial charge in [0, 0.05) is 0 Å². The first kappa shape index (κ1) is 8.16. The number of rotatable bonds is 3. The number of aliphatic hydroxyl groups excluding tert-OH is 2. The molecule has 1 atom stereocenters. The molecule has 1 rings (SSSR count). The van der Waals surface area contributed by atoms with E-state index in [0.717, 1.165) is 0 Å². The third-order valence-corrected chi connectivity index (χ3v) is 1.20. The van der Waals surface area contributed by atoms with E-state index in [1.807, 2.05) is 0 Å². The molecule has 0 amide bonds. The van der Waals surface area contributed by atoms with Crippen molar-refractivity contribution in [2.75, 3.05) is 0 Å². The Kier molecular flexibility index (Phi) is 2.56. The fourth-order valence-electron chi connectivity index (χ4n) is 0.771. The zero-order valence-corrected chi connectivity index (χ0v) is 6.30. The molecule has 0 spiro atoms. The molecule has 0 bridgehead atoms. The third-order valence-electron chi connectivity index (χ3n) is 1.20. The van der Waals surface area contributed by atoms with Gasteiger partial charge in [-0.3, -0.25) is 0 Å². The average molecular weight is 157 g/mol. The number of hydrogen-bond acceptors (Lipinski definition) is 4. The number of aliphatic hydroxyl groups is 2. The van der Waals surface area contributed by atoms with E-state index in [4.69, 9.17) is 10.2 Å². The molecule has 62 valence electrons. The van der Waals surface area contributed by atoms with E-state index in [1.165, 1.54) is 4.68 Å². The van der Waals surface area contributed by atoms with Gasteiger partial charge in [-0.05, 0) is 6.92 Å². The Morgan fingerprint density at radius 2 is 2.45 bits per heavy atom. The molecular weight excluding hydrogens is 146 g/mol. The van der Waals surface area contributed by atoms with Crippen molar-refractivity contribution in [2.24, 2.45) is 0 Å². The molecule has 0 aromatic carbocycles. The minimum Gasteiger partial charge on any atom is -0.391 e. The lowest BCUT2D eigenvalue weighted by Crippen LogP contribution is -2.11. The van der Waals surface area contributed by atoms with Crippen molar-refractivity contribution in [1.82, 2.24) is 15.0 Å². The van der Waals surface area contributed by atoms with Crippen molar-refractivity contribution in [3.8, 4) is 0 Å². The molecule has 0 saturated carbocycles. The van der Waals surface area contributed by atoms with E-state index >= 15 is 0 Å². The van der Waals surface area contributed by atoms with Gasteiger partial charge < -0.3 is 10.2 Å². The highest BCUT2D eigenvalue weighted by atomic mass is 16.3. The van der Waals surface area contributed by atoms with Crippen LogP contribution in [0.1, 0.15) is 12.6 Å². The molecule has 0 unspecified atom stereocenters. The Bertz CT molecular complexity index is 221. The maximum absolute atomic E-state index is 8.94. The van der Waals surface area contributed by atoms with Gasteiger partial charge in [0.2, 0.25) is 0 Å². The summed E-state index contributed by atoms with van der Waals surface area (Å²) in [6, 6.07) is 0. The van der Waals surface area contributed by atoms with Gasteiger partial charge in [0.25, 0.3) is 0 Å². The van der Waals surface area contributed by atoms with Crippen LogP contribution in [0.15, 0.2) is 6.20 Å². The van der Waals surface area contributed by atoms with Gasteiger partial charge in [0.05, 0.1) is 25.5 Å². The summed E-state index contributed by atoms with van der Waals surface area (Å²) < 4.78 is 1.50. The summed E-state index contributed by atoms with van der Waals surface area (Å²) in [5.41, 5.74) is 0.519. The molecule has 0 saturated heterocycles. The molecular formula is C6H11N3O2. The topological polar surface area (TPSA) is 71.2 Å². The molecule has 2 N–H and O–H groups in total. The van der Waals surface area contributed by atoms with Gasteiger partial charge in [0.15, 0.2) is 0 Å². The van der Waals surface area contributed by atoms with E-state index in [-0.39, 0.29) is 6.61 Å². The van der Waals surface area contributed by atoms with Crippen molar-refractivity contribution in [3.05, 3.63) is 11.9 Å². The zero-order valence-electron chi connectivity index (χ0n) is 6.30. The van der Waals surface area contributed by atoms with Crippen LogP contribution in [0.3, 0.4) is 0 Å². The largest absolute Gasteiger partial charge is 0.391 e. The Labute approximate surface area is 64.3 Å². The van der Waals surface area contributed by atoms with Crippen LogP contribution in [0.4, 0.5) is 0 Å². The number of hydrogen-bond donors (Lipinski definition) is 2. The fraction of sp³-hybridized carbons (Fsp3) is 0.667. The smallest absolute Gasteiger partial charge is 0.108 e. The lowest BCUT2D eigenvalue weighted by atomic mass is 10.4. The van der Waals surface area contributed by atoms with Crippen LogP contribution in [-0.4, -0.2) is 31.3 Å². The van der Waals surface area contributed by atoms with E-state index in [0.29, 0.717) is 12.2 Å². The van der Waals surface area contributed by atoms with Crippen molar-refractivity contribution in [1.29, 1.82) is 0 Å². The normalized spacial score (nSPS) is 13.4. The minimum absolute atomic E-state index is 0.111. The summed E-state index contributed by atoms with van der Waals surface area (Å²) in [6.45, 7) is 1.97. The maximum atomic E-state index is 8.94. The second-order valence-corrected chi connectivity index (χ2v) is 2.44. The van der Waals surface area contributed by atoms with E-state index < -0.39 is 6.10 Å². The first-order valence-electron chi connectivity index (χ1n) is 3.40. The van der Waals surface area contributed by atoms with Gasteiger partial charge in [0.1, 0.15) is 5.69 Å². The highest BCUT2D eigenvalue weighted by molar-refractivity contribution is 4.88. The van der Waals surface area contributed by atoms with Crippen LogP contribution in [-0.2, 0) is 13.2 Å². The number of aromatic nitrogens is 3. The van der Waals surface area contributed by atoms with Gasteiger partial charge in [-0.15, -0.1) is 5.10 Å². The Morgan fingerprint density at radius 3 is 2.91 bits per heavy atom. The summed E-state index contributed by atoms with van der Waals surface area (Å²) in [6.07, 6.45) is 1.16. The van der Waals surface area contributed by atoms with E-state index in [9.17, 15) is 0 Å². The highest BCUT2D eigenvalue weighted by Gasteiger charge is 2.00. The molecule has 0 aliphatic rings. The Hall–Kier alpha value is -0.940. The molecule has 0 radical (unpaired) electrons. The quantitative estimate of drug-likeness (QED) is 0.599. The lowest BCUT2D eigenvalue weighted by molar-refractivity contribution is 0.167. The summed E-state index contributed by atoms with van der Waals surface area (Å²) in [7, 11) is 0. The van der Waals surface area contributed by atoms with E-state index in [2.05, 4.69) is 10.3 Å². The first-order chi connectivity index (χ1) is 5.22. The van der Waals surface area contributed by atoms with Gasteiger partial charge >= 0.3 is 0 Å². The molecule has 5 heteroatoms. The van der Waals surface area contributed by atoms with Crippen LogP contribution in [0.25, 0.3) is 0 Å². The predicted octanol–water partition coefficient (Wildman–Crippen LogP) is -0.849. The van der Waals surface area contributed by atoms with Gasteiger partial charge in [-0.1, -0.05) is 5.21 Å². The van der Waals surface area contributed by atoms with Gasteiger partial charge in [-0.25, -0.2) is 4.68 Å². The summed E-state index contributed by atoms with van der Waals surface area (Å²) in [5, 5.41) is 24.9. The van der Waals surface area contributed by atoms with Crippen LogP contribution in [0.2, 0.25) is 0 Å². The predicted molar refractivity (Wildman–Crippen MR) is 37.6 cm³/mol. The second kappa shape index (κ2) is 3.45. The second-order valence-electron chi connectivity index (χ2n) is 2.44. The molecule has 0 aliphatic heterocycles. The summed E-state index contributed by atoms with van der Waals surface area (Å²) in [5.74, 6) is 0. The summed E-state index contributed by atoms with van der Waals surface area (Å²) >= 11 is 0. The van der Waals surface area contributed by atoms with Crippen molar-refractivity contribution in [2.45, 2.75) is 26.2 Å². The zero-order chi connectivity index (χ0) is 8.27. The highest BCUT2D eigenvalue weighted by Crippen LogP contribution is 1.93. The van der Waals surface area contributed by atoms with E-state index in [1.54, 1.807) is 13.1 Å². The average Bonchev–Trinajstić information content (AvgIpc) is 2.34. The molecule has 11 heavy (non-hydrogen) atoms. The first-order valence-corrected chi connectivity index (χ1v) is 3.40. The third kappa shape index (κ3) is 2.28. The van der Waals surface area contributed by atoms with Crippen LogP contribution in [0.5, 0.6) is 0 Å². The standard InChI is InChI=1S/C6H11N3O2/c1-5(11)2-9-3-6(4-10)7-8-9/h3,5,10-11H,2,4H2,1H3/t5-/m1/s1. The SMILES string of the molecule is C[C@@H](O)Cn1cc(CO)nn1. The van der Waals surface area contributed by atoms with Gasteiger partial charge in [-0.2, -0.15) is 0 Å². The molecule has 0 aliphatic carbocycles. The van der Waals surface area contributed by atoms with Crippen LogP contribution < -0.4 is 0 Å².